The van der Waals surface area contributed by atoms with E-state index in [1.54, 1.807) is 0 Å². The lowest BCUT2D eigenvalue weighted by atomic mass is 10.1. The molecule has 0 spiro atoms. The van der Waals surface area contributed by atoms with Crippen molar-refractivity contribution in [1.82, 2.24) is 0 Å². The number of rotatable bonds is 5. The number of ether oxygens (including phenoxy) is 1. The highest BCUT2D eigenvalue weighted by atomic mass is 16.5. The lowest BCUT2D eigenvalue weighted by Gasteiger charge is -2.34. The molecule has 0 radical (unpaired) electrons. The molecular formula is C15H24N2O. The van der Waals surface area contributed by atoms with Gasteiger partial charge >= 0.3 is 0 Å². The first-order valence-electron chi connectivity index (χ1n) is 6.99. The third-order valence-electron chi connectivity index (χ3n) is 3.47. The van der Waals surface area contributed by atoms with E-state index in [1.165, 1.54) is 17.7 Å². The molecule has 0 saturated heterocycles. The van der Waals surface area contributed by atoms with Crippen molar-refractivity contribution in [1.29, 1.82) is 0 Å². The molecule has 2 N–H and O–H groups in total. The second-order valence-electron chi connectivity index (χ2n) is 5.01. The van der Waals surface area contributed by atoms with Gasteiger partial charge in [0.1, 0.15) is 11.9 Å². The van der Waals surface area contributed by atoms with Crippen molar-refractivity contribution in [2.75, 3.05) is 24.5 Å². The minimum Gasteiger partial charge on any atom is -0.487 e. The molecular weight excluding hydrogens is 224 g/mol. The van der Waals surface area contributed by atoms with Crippen molar-refractivity contribution in [3.8, 4) is 5.75 Å². The van der Waals surface area contributed by atoms with E-state index in [0.717, 1.165) is 38.2 Å². The SMILES string of the molecule is CCN1CC(C)Oc2ccc(CCCCN)cc21. The van der Waals surface area contributed by atoms with Crippen LogP contribution >= 0.6 is 0 Å². The molecule has 0 bridgehead atoms. The first kappa shape index (κ1) is 13.2. The summed E-state index contributed by atoms with van der Waals surface area (Å²) in [5.74, 6) is 1.03. The van der Waals surface area contributed by atoms with Crippen LogP contribution in [0.25, 0.3) is 0 Å². The third-order valence-corrected chi connectivity index (χ3v) is 3.47. The molecule has 18 heavy (non-hydrogen) atoms. The molecule has 3 nitrogen and oxygen atoms in total. The second kappa shape index (κ2) is 6.10. The summed E-state index contributed by atoms with van der Waals surface area (Å²) in [6.45, 7) is 7.12. The summed E-state index contributed by atoms with van der Waals surface area (Å²) in [7, 11) is 0. The minimum atomic E-state index is 0.278. The molecule has 0 amide bonds. The Morgan fingerprint density at radius 1 is 1.39 bits per heavy atom. The summed E-state index contributed by atoms with van der Waals surface area (Å²) >= 11 is 0. The average molecular weight is 248 g/mol. The fraction of sp³-hybridized carbons (Fsp3) is 0.600. The van der Waals surface area contributed by atoms with Crippen LogP contribution in [0.5, 0.6) is 5.75 Å². The van der Waals surface area contributed by atoms with Crippen molar-refractivity contribution >= 4 is 5.69 Å². The largest absolute Gasteiger partial charge is 0.487 e. The van der Waals surface area contributed by atoms with Crippen molar-refractivity contribution in [2.45, 2.75) is 39.2 Å². The lowest BCUT2D eigenvalue weighted by molar-refractivity contribution is 0.213. The number of nitrogens with two attached hydrogens (primary N) is 1. The summed E-state index contributed by atoms with van der Waals surface area (Å²) < 4.78 is 5.88. The zero-order chi connectivity index (χ0) is 13.0. The topological polar surface area (TPSA) is 38.5 Å². The van der Waals surface area contributed by atoms with Gasteiger partial charge in [-0.1, -0.05) is 6.07 Å². The van der Waals surface area contributed by atoms with Crippen LogP contribution in [0.4, 0.5) is 5.69 Å². The summed E-state index contributed by atoms with van der Waals surface area (Å²) in [6.07, 6.45) is 3.65. The van der Waals surface area contributed by atoms with Gasteiger partial charge in [0.25, 0.3) is 0 Å². The number of unbranched alkanes of at least 4 members (excludes halogenated alkanes) is 1. The Hall–Kier alpha value is -1.22. The predicted octanol–water partition coefficient (Wildman–Crippen LogP) is 2.58. The van der Waals surface area contributed by atoms with Gasteiger partial charge in [-0.2, -0.15) is 0 Å². The summed E-state index contributed by atoms with van der Waals surface area (Å²) in [6, 6.07) is 6.58. The Balaban J connectivity index is 2.14. The van der Waals surface area contributed by atoms with Crippen LogP contribution in [0.15, 0.2) is 18.2 Å². The highest BCUT2D eigenvalue weighted by Crippen LogP contribution is 2.34. The molecule has 1 aliphatic heterocycles. The summed E-state index contributed by atoms with van der Waals surface area (Å²) in [5.41, 5.74) is 8.17. The summed E-state index contributed by atoms with van der Waals surface area (Å²) in [4.78, 5) is 2.40. The van der Waals surface area contributed by atoms with Crippen LogP contribution in [0.3, 0.4) is 0 Å². The molecule has 0 aliphatic carbocycles. The van der Waals surface area contributed by atoms with Gasteiger partial charge in [-0.3, -0.25) is 0 Å². The van der Waals surface area contributed by atoms with Crippen LogP contribution in [-0.2, 0) is 6.42 Å². The maximum Gasteiger partial charge on any atom is 0.143 e. The Kier molecular flexibility index (Phi) is 4.48. The second-order valence-corrected chi connectivity index (χ2v) is 5.01. The Labute approximate surface area is 110 Å². The minimum absolute atomic E-state index is 0.278. The molecule has 1 unspecified atom stereocenters. The fourth-order valence-corrected chi connectivity index (χ4v) is 2.50. The maximum atomic E-state index is 5.88. The number of hydrogen-bond donors (Lipinski definition) is 1. The number of hydrogen-bond acceptors (Lipinski definition) is 3. The van der Waals surface area contributed by atoms with E-state index in [2.05, 4.69) is 36.9 Å². The van der Waals surface area contributed by atoms with Crippen LogP contribution in [-0.4, -0.2) is 25.7 Å². The predicted molar refractivity (Wildman–Crippen MR) is 76.4 cm³/mol. The molecule has 2 rings (SSSR count). The van der Waals surface area contributed by atoms with Gasteiger partial charge in [-0.05, 0) is 57.4 Å². The van der Waals surface area contributed by atoms with E-state index in [0.29, 0.717) is 0 Å². The van der Waals surface area contributed by atoms with E-state index >= 15 is 0 Å². The number of anilines is 1. The third kappa shape index (κ3) is 2.96. The zero-order valence-electron chi connectivity index (χ0n) is 11.5. The van der Waals surface area contributed by atoms with Crippen molar-refractivity contribution in [3.63, 3.8) is 0 Å². The monoisotopic (exact) mass is 248 g/mol. The Morgan fingerprint density at radius 2 is 2.22 bits per heavy atom. The molecule has 0 fully saturated rings. The first-order valence-corrected chi connectivity index (χ1v) is 6.99. The van der Waals surface area contributed by atoms with Crippen LogP contribution in [0.1, 0.15) is 32.3 Å². The molecule has 1 heterocycles. The van der Waals surface area contributed by atoms with E-state index in [9.17, 15) is 0 Å². The molecule has 3 heteroatoms. The Morgan fingerprint density at radius 3 is 2.94 bits per heavy atom. The van der Waals surface area contributed by atoms with Gasteiger partial charge in [-0.15, -0.1) is 0 Å². The van der Waals surface area contributed by atoms with Crippen LogP contribution < -0.4 is 15.4 Å². The molecule has 1 aromatic carbocycles. The van der Waals surface area contributed by atoms with Gasteiger partial charge in [0.2, 0.25) is 0 Å². The van der Waals surface area contributed by atoms with Gasteiger partial charge < -0.3 is 15.4 Å². The Bertz CT molecular complexity index is 392. The van der Waals surface area contributed by atoms with E-state index in [4.69, 9.17) is 10.5 Å². The highest BCUT2D eigenvalue weighted by Gasteiger charge is 2.21. The maximum absolute atomic E-state index is 5.88. The molecule has 0 aromatic heterocycles. The number of nitrogens with zero attached hydrogens (tertiary/aromatic N) is 1. The van der Waals surface area contributed by atoms with E-state index in [-0.39, 0.29) is 6.10 Å². The summed E-state index contributed by atoms with van der Waals surface area (Å²) in [5, 5.41) is 0. The van der Waals surface area contributed by atoms with Gasteiger partial charge in [0.05, 0.1) is 12.2 Å². The van der Waals surface area contributed by atoms with Crippen molar-refractivity contribution in [2.24, 2.45) is 5.73 Å². The molecule has 0 saturated carbocycles. The van der Waals surface area contributed by atoms with Crippen molar-refractivity contribution < 1.29 is 4.74 Å². The van der Waals surface area contributed by atoms with Gasteiger partial charge in [-0.25, -0.2) is 0 Å². The zero-order valence-corrected chi connectivity index (χ0v) is 11.5. The smallest absolute Gasteiger partial charge is 0.143 e. The number of fused-ring (bicyclic) bond motifs is 1. The van der Waals surface area contributed by atoms with E-state index in [1.807, 2.05) is 0 Å². The number of benzene rings is 1. The lowest BCUT2D eigenvalue weighted by Crippen LogP contribution is -2.38. The number of likely N-dealkylation sites (N-methyl/N-ethyl adjacent to an activating group) is 1. The van der Waals surface area contributed by atoms with Crippen LogP contribution in [0.2, 0.25) is 0 Å². The van der Waals surface area contributed by atoms with Gasteiger partial charge in [0.15, 0.2) is 0 Å². The number of aryl methyl sites for hydroxylation is 1. The average Bonchev–Trinajstić information content (AvgIpc) is 2.38. The van der Waals surface area contributed by atoms with E-state index < -0.39 is 0 Å². The molecule has 1 atom stereocenters. The normalized spacial score (nSPS) is 18.4. The van der Waals surface area contributed by atoms with Crippen molar-refractivity contribution in [3.05, 3.63) is 23.8 Å². The van der Waals surface area contributed by atoms with Crippen LogP contribution in [0, 0.1) is 0 Å². The molecule has 1 aliphatic rings. The standard InChI is InChI=1S/C15H24N2O/c1-3-17-11-12(2)18-15-8-7-13(10-14(15)17)6-4-5-9-16/h7-8,10,12H,3-6,9,11,16H2,1-2H3. The quantitative estimate of drug-likeness (QED) is 0.814. The molecule has 100 valence electrons. The van der Waals surface area contributed by atoms with Gasteiger partial charge in [0, 0.05) is 6.54 Å². The molecule has 1 aromatic rings. The first-order chi connectivity index (χ1) is 8.74. The fourth-order valence-electron chi connectivity index (χ4n) is 2.50. The highest BCUT2D eigenvalue weighted by molar-refractivity contribution is 5.61.